The minimum absolute atomic E-state index is 0.0397. The quantitative estimate of drug-likeness (QED) is 0.376. The first-order chi connectivity index (χ1) is 16.7. The number of hydrogen-bond donors (Lipinski definition) is 2. The van der Waals surface area contributed by atoms with Crippen molar-refractivity contribution in [3.05, 3.63) is 87.9 Å². The molecule has 9 heteroatoms. The molecule has 1 aliphatic heterocycles. The van der Waals surface area contributed by atoms with Crippen LogP contribution in [0, 0.1) is 5.92 Å². The highest BCUT2D eigenvalue weighted by atomic mass is 35.5. The zero-order valence-corrected chi connectivity index (χ0v) is 21.6. The molecule has 0 spiro atoms. The lowest BCUT2D eigenvalue weighted by molar-refractivity contribution is 0.102. The maximum absolute atomic E-state index is 12.7. The fraction of sp³-hybridized carbons (Fsp3) is 0.269. The van der Waals surface area contributed by atoms with Crippen molar-refractivity contribution in [1.82, 2.24) is 4.90 Å². The molecular formula is C26H27Cl2N3O3S. The fourth-order valence-corrected chi connectivity index (χ4v) is 5.74. The summed E-state index contributed by atoms with van der Waals surface area (Å²) in [7, 11) is -3.86. The van der Waals surface area contributed by atoms with Crippen molar-refractivity contribution in [3.8, 4) is 0 Å². The van der Waals surface area contributed by atoms with Gasteiger partial charge in [0.15, 0.2) is 0 Å². The Bertz CT molecular complexity index is 1300. The molecule has 1 atom stereocenters. The Morgan fingerprint density at radius 2 is 1.74 bits per heavy atom. The van der Waals surface area contributed by atoms with Gasteiger partial charge >= 0.3 is 0 Å². The standard InChI is InChI=1S/C26H27Cl2N3O3S/c1-18-3-2-14-31(16-18)17-19-4-6-20(7-5-19)26(32)29-22-9-11-23(12-10-22)35(33,34)30-25-13-8-21(27)15-24(25)28/h4-13,15,18,30H,2-3,14,16-17H2,1H3,(H,29,32). The summed E-state index contributed by atoms with van der Waals surface area (Å²) in [4.78, 5) is 15.2. The van der Waals surface area contributed by atoms with Crippen molar-refractivity contribution < 1.29 is 13.2 Å². The predicted molar refractivity (Wildman–Crippen MR) is 142 cm³/mol. The van der Waals surface area contributed by atoms with E-state index in [-0.39, 0.29) is 21.5 Å². The van der Waals surface area contributed by atoms with E-state index in [0.29, 0.717) is 16.3 Å². The van der Waals surface area contributed by atoms with E-state index in [0.717, 1.165) is 25.6 Å². The molecule has 3 aromatic rings. The second-order valence-corrected chi connectivity index (χ2v) is 11.4. The molecule has 6 nitrogen and oxygen atoms in total. The minimum Gasteiger partial charge on any atom is -0.322 e. The van der Waals surface area contributed by atoms with E-state index in [2.05, 4.69) is 21.9 Å². The lowest BCUT2D eigenvalue weighted by Crippen LogP contribution is -2.33. The maximum atomic E-state index is 12.7. The molecule has 4 rings (SSSR count). The van der Waals surface area contributed by atoms with Gasteiger partial charge in [-0.05, 0) is 85.5 Å². The summed E-state index contributed by atoms with van der Waals surface area (Å²) in [6.07, 6.45) is 2.52. The summed E-state index contributed by atoms with van der Waals surface area (Å²) in [6.45, 7) is 5.39. The van der Waals surface area contributed by atoms with Gasteiger partial charge < -0.3 is 5.32 Å². The van der Waals surface area contributed by atoms with Gasteiger partial charge in [0.05, 0.1) is 15.6 Å². The highest BCUT2D eigenvalue weighted by Crippen LogP contribution is 2.28. The third-order valence-electron chi connectivity index (χ3n) is 5.96. The molecule has 3 aromatic carbocycles. The van der Waals surface area contributed by atoms with Crippen LogP contribution in [-0.4, -0.2) is 32.3 Å². The Hall–Kier alpha value is -2.58. The summed E-state index contributed by atoms with van der Waals surface area (Å²) in [5.74, 6) is 0.464. The van der Waals surface area contributed by atoms with Crippen LogP contribution in [0.4, 0.5) is 11.4 Å². The smallest absolute Gasteiger partial charge is 0.261 e. The summed E-state index contributed by atoms with van der Waals surface area (Å²) >= 11 is 11.9. The van der Waals surface area contributed by atoms with Crippen LogP contribution in [0.3, 0.4) is 0 Å². The third-order valence-corrected chi connectivity index (χ3v) is 7.89. The number of carbonyl (C=O) groups is 1. The predicted octanol–water partition coefficient (Wildman–Crippen LogP) is 6.28. The zero-order chi connectivity index (χ0) is 25.0. The van der Waals surface area contributed by atoms with Gasteiger partial charge in [-0.25, -0.2) is 8.42 Å². The molecule has 0 bridgehead atoms. The molecule has 1 saturated heterocycles. The van der Waals surface area contributed by atoms with E-state index in [1.54, 1.807) is 18.2 Å². The summed E-state index contributed by atoms with van der Waals surface area (Å²) in [6, 6.07) is 18.0. The lowest BCUT2D eigenvalue weighted by Gasteiger charge is -2.30. The van der Waals surface area contributed by atoms with Crippen LogP contribution in [-0.2, 0) is 16.6 Å². The van der Waals surface area contributed by atoms with Gasteiger partial charge in [0.25, 0.3) is 15.9 Å². The highest BCUT2D eigenvalue weighted by Gasteiger charge is 2.18. The Morgan fingerprint density at radius 1 is 1.03 bits per heavy atom. The van der Waals surface area contributed by atoms with Gasteiger partial charge in [-0.2, -0.15) is 0 Å². The number of piperidine rings is 1. The molecule has 0 radical (unpaired) electrons. The Morgan fingerprint density at radius 3 is 2.40 bits per heavy atom. The number of likely N-dealkylation sites (tertiary alicyclic amines) is 1. The van der Waals surface area contributed by atoms with Crippen molar-refractivity contribution in [3.63, 3.8) is 0 Å². The van der Waals surface area contributed by atoms with Gasteiger partial charge in [0.2, 0.25) is 0 Å². The lowest BCUT2D eigenvalue weighted by atomic mass is 9.99. The number of sulfonamides is 1. The number of rotatable bonds is 7. The number of benzene rings is 3. The Kier molecular flexibility index (Phi) is 8.02. The normalized spacial score (nSPS) is 16.6. The second-order valence-electron chi connectivity index (χ2n) is 8.89. The number of amides is 1. The van der Waals surface area contributed by atoms with E-state index in [4.69, 9.17) is 23.2 Å². The van der Waals surface area contributed by atoms with Crippen LogP contribution in [0.5, 0.6) is 0 Å². The molecule has 184 valence electrons. The van der Waals surface area contributed by atoms with Crippen LogP contribution in [0.25, 0.3) is 0 Å². The first kappa shape index (κ1) is 25.5. The third kappa shape index (κ3) is 6.76. The molecule has 1 amide bonds. The highest BCUT2D eigenvalue weighted by molar-refractivity contribution is 7.92. The topological polar surface area (TPSA) is 78.5 Å². The van der Waals surface area contributed by atoms with Gasteiger partial charge in [0.1, 0.15) is 0 Å². The molecule has 0 aliphatic carbocycles. The van der Waals surface area contributed by atoms with Crippen LogP contribution >= 0.6 is 23.2 Å². The molecule has 1 heterocycles. The SMILES string of the molecule is CC1CCCN(Cc2ccc(C(=O)Nc3ccc(S(=O)(=O)Nc4ccc(Cl)cc4Cl)cc3)cc2)C1. The van der Waals surface area contributed by atoms with Crippen LogP contribution in [0.2, 0.25) is 10.0 Å². The van der Waals surface area contributed by atoms with Gasteiger partial charge in [-0.15, -0.1) is 0 Å². The van der Waals surface area contributed by atoms with Crippen molar-refractivity contribution in [2.24, 2.45) is 5.92 Å². The van der Waals surface area contributed by atoms with Crippen molar-refractivity contribution in [2.45, 2.75) is 31.2 Å². The van der Waals surface area contributed by atoms with Crippen molar-refractivity contribution in [2.75, 3.05) is 23.1 Å². The van der Waals surface area contributed by atoms with Gasteiger partial charge in [-0.1, -0.05) is 42.3 Å². The monoisotopic (exact) mass is 531 g/mol. The Balaban J connectivity index is 1.36. The largest absolute Gasteiger partial charge is 0.322 e. The first-order valence-corrected chi connectivity index (χ1v) is 13.6. The van der Waals surface area contributed by atoms with E-state index >= 15 is 0 Å². The number of carbonyl (C=O) groups excluding carboxylic acids is 1. The van der Waals surface area contributed by atoms with Crippen LogP contribution in [0.15, 0.2) is 71.6 Å². The minimum atomic E-state index is -3.86. The van der Waals surface area contributed by atoms with E-state index < -0.39 is 10.0 Å². The number of nitrogens with zero attached hydrogens (tertiary/aromatic N) is 1. The first-order valence-electron chi connectivity index (χ1n) is 11.4. The summed E-state index contributed by atoms with van der Waals surface area (Å²) in [5.41, 5.74) is 2.44. The van der Waals surface area contributed by atoms with Gasteiger partial charge in [0, 0.05) is 29.4 Å². The zero-order valence-electron chi connectivity index (χ0n) is 19.3. The van der Waals surface area contributed by atoms with Crippen LogP contribution < -0.4 is 10.0 Å². The van der Waals surface area contributed by atoms with Crippen molar-refractivity contribution in [1.29, 1.82) is 0 Å². The van der Waals surface area contributed by atoms with E-state index in [1.807, 2.05) is 24.3 Å². The van der Waals surface area contributed by atoms with E-state index in [9.17, 15) is 13.2 Å². The number of halogens is 2. The Labute approximate surface area is 216 Å². The molecule has 0 saturated carbocycles. The molecule has 0 aromatic heterocycles. The molecule has 2 N–H and O–H groups in total. The second kappa shape index (κ2) is 11.0. The van der Waals surface area contributed by atoms with E-state index in [1.165, 1.54) is 42.7 Å². The maximum Gasteiger partial charge on any atom is 0.261 e. The van der Waals surface area contributed by atoms with Crippen molar-refractivity contribution >= 4 is 50.5 Å². The molecule has 1 fully saturated rings. The number of nitrogens with one attached hydrogen (secondary N) is 2. The molecule has 1 aliphatic rings. The average molecular weight is 532 g/mol. The molecule has 1 unspecified atom stereocenters. The molecular weight excluding hydrogens is 505 g/mol. The van der Waals surface area contributed by atoms with Crippen LogP contribution in [0.1, 0.15) is 35.7 Å². The molecule has 35 heavy (non-hydrogen) atoms. The number of hydrogen-bond acceptors (Lipinski definition) is 4. The average Bonchev–Trinajstić information content (AvgIpc) is 2.82. The fourth-order valence-electron chi connectivity index (χ4n) is 4.15. The summed E-state index contributed by atoms with van der Waals surface area (Å²) in [5, 5.41) is 3.41. The van der Waals surface area contributed by atoms with Gasteiger partial charge in [-0.3, -0.25) is 14.4 Å². The number of anilines is 2. The summed E-state index contributed by atoms with van der Waals surface area (Å²) < 4.78 is 27.8.